The second-order valence-electron chi connectivity index (χ2n) is 7.49. The van der Waals surface area contributed by atoms with E-state index in [9.17, 15) is 4.79 Å². The van der Waals surface area contributed by atoms with E-state index in [1.54, 1.807) is 0 Å². The van der Waals surface area contributed by atoms with E-state index in [2.05, 4.69) is 26.6 Å². The monoisotopic (exact) mass is 492 g/mol. The summed E-state index contributed by atoms with van der Waals surface area (Å²) in [6, 6.07) is 11.6. The van der Waals surface area contributed by atoms with Gasteiger partial charge in [-0.05, 0) is 86.4 Å². The van der Waals surface area contributed by atoms with Gasteiger partial charge in [0.05, 0.1) is 17.2 Å². The fourth-order valence-corrected chi connectivity index (χ4v) is 3.45. The van der Waals surface area contributed by atoms with Gasteiger partial charge in [-0.1, -0.05) is 17.7 Å². The lowest BCUT2D eigenvalue weighted by Gasteiger charge is -2.16. The van der Waals surface area contributed by atoms with Crippen molar-refractivity contribution >= 4 is 27.5 Å². The lowest BCUT2D eigenvalue weighted by molar-refractivity contribution is -0.118. The van der Waals surface area contributed by atoms with Crippen LogP contribution in [0.2, 0.25) is 0 Å². The second-order valence-corrected chi connectivity index (χ2v) is 8.35. The highest BCUT2D eigenvalue weighted by atomic mass is 79.9. The van der Waals surface area contributed by atoms with Crippen molar-refractivity contribution in [3.63, 3.8) is 0 Å². The van der Waals surface area contributed by atoms with Gasteiger partial charge in [-0.25, -0.2) is 0 Å². The molecule has 0 unspecified atom stereocenters. The lowest BCUT2D eigenvalue weighted by Crippen LogP contribution is -2.20. The zero-order valence-corrected chi connectivity index (χ0v) is 20.4. The summed E-state index contributed by atoms with van der Waals surface area (Å²) in [5.41, 5.74) is 2.94. The molecule has 2 rings (SSSR count). The Morgan fingerprint density at radius 2 is 1.87 bits per heavy atom. The molecule has 0 saturated heterocycles. The zero-order chi connectivity index (χ0) is 22.6. The highest BCUT2D eigenvalue weighted by Gasteiger charge is 2.14. The molecule has 6 nitrogen and oxygen atoms in total. The molecule has 0 heterocycles. The van der Waals surface area contributed by atoms with Crippen LogP contribution in [0.15, 0.2) is 40.9 Å². The molecule has 0 radical (unpaired) electrons. The molecule has 0 aliphatic heterocycles. The molecule has 2 aromatic rings. The lowest BCUT2D eigenvalue weighted by atomic mass is 10.2. The van der Waals surface area contributed by atoms with Crippen LogP contribution in [-0.2, 0) is 16.1 Å². The van der Waals surface area contributed by atoms with Crippen LogP contribution in [-0.4, -0.2) is 38.4 Å². The summed E-state index contributed by atoms with van der Waals surface area (Å²) < 4.78 is 17.9. The molecule has 0 saturated carbocycles. The summed E-state index contributed by atoms with van der Waals surface area (Å²) >= 11 is 3.56. The van der Waals surface area contributed by atoms with Crippen molar-refractivity contribution in [2.75, 3.05) is 31.7 Å². The number of aryl methyl sites for hydroxylation is 1. The van der Waals surface area contributed by atoms with Crippen LogP contribution in [0.25, 0.3) is 0 Å². The van der Waals surface area contributed by atoms with Crippen LogP contribution >= 0.6 is 15.9 Å². The van der Waals surface area contributed by atoms with E-state index in [4.69, 9.17) is 14.2 Å². The number of benzene rings is 2. The Morgan fingerprint density at radius 3 is 2.55 bits per heavy atom. The maximum Gasteiger partial charge on any atom is 0.262 e. The first-order valence-corrected chi connectivity index (χ1v) is 11.4. The number of hydrogen-bond donors (Lipinski definition) is 2. The fraction of sp³-hybridized carbons (Fsp3) is 0.458. The summed E-state index contributed by atoms with van der Waals surface area (Å²) in [5.74, 6) is 0.905. The SMILES string of the molecule is CCOc1cc(CNCCCOC(C)C)cc(Br)c1OCC(=O)Nc1ccc(C)cc1. The van der Waals surface area contributed by atoms with Gasteiger partial charge < -0.3 is 24.8 Å². The molecule has 0 spiro atoms. The van der Waals surface area contributed by atoms with Gasteiger partial charge in [0.2, 0.25) is 0 Å². The Balaban J connectivity index is 1.91. The van der Waals surface area contributed by atoms with Crippen LogP contribution in [0.1, 0.15) is 38.3 Å². The summed E-state index contributed by atoms with van der Waals surface area (Å²) in [5, 5.41) is 6.24. The van der Waals surface area contributed by atoms with Gasteiger partial charge in [-0.3, -0.25) is 4.79 Å². The van der Waals surface area contributed by atoms with E-state index in [-0.39, 0.29) is 18.6 Å². The molecule has 170 valence electrons. The third-order valence-corrected chi connectivity index (χ3v) is 4.92. The van der Waals surface area contributed by atoms with Gasteiger partial charge >= 0.3 is 0 Å². The van der Waals surface area contributed by atoms with E-state index in [0.717, 1.165) is 40.9 Å². The predicted molar refractivity (Wildman–Crippen MR) is 128 cm³/mol. The van der Waals surface area contributed by atoms with Crippen molar-refractivity contribution in [1.82, 2.24) is 5.32 Å². The van der Waals surface area contributed by atoms with Crippen molar-refractivity contribution in [3.8, 4) is 11.5 Å². The number of nitrogens with one attached hydrogen (secondary N) is 2. The minimum absolute atomic E-state index is 0.111. The standard InChI is InChI=1S/C24H33BrN2O4/c1-5-29-22-14-19(15-26-11-6-12-30-17(2)3)13-21(25)24(22)31-16-23(28)27-20-9-7-18(4)8-10-20/h7-10,13-14,17,26H,5-6,11-12,15-16H2,1-4H3,(H,27,28). The maximum absolute atomic E-state index is 12.3. The Bertz CT molecular complexity index is 825. The number of rotatable bonds is 13. The van der Waals surface area contributed by atoms with Crippen LogP contribution in [0.4, 0.5) is 5.69 Å². The molecule has 1 amide bonds. The van der Waals surface area contributed by atoms with Gasteiger partial charge in [0.25, 0.3) is 5.91 Å². The summed E-state index contributed by atoms with van der Waals surface area (Å²) in [6.07, 6.45) is 1.21. The third-order valence-electron chi connectivity index (χ3n) is 4.33. The van der Waals surface area contributed by atoms with Crippen molar-refractivity contribution in [2.45, 2.75) is 46.8 Å². The highest BCUT2D eigenvalue weighted by Crippen LogP contribution is 2.37. The molecule has 0 aliphatic carbocycles. The largest absolute Gasteiger partial charge is 0.490 e. The van der Waals surface area contributed by atoms with E-state index >= 15 is 0 Å². The fourth-order valence-electron chi connectivity index (χ4n) is 2.85. The summed E-state index contributed by atoms with van der Waals surface area (Å²) in [6.45, 7) is 10.7. The molecule has 0 atom stereocenters. The molecule has 2 N–H and O–H groups in total. The van der Waals surface area contributed by atoms with Gasteiger partial charge in [0.15, 0.2) is 18.1 Å². The zero-order valence-electron chi connectivity index (χ0n) is 18.8. The number of carbonyl (C=O) groups excluding carboxylic acids is 1. The Hall–Kier alpha value is -2.09. The van der Waals surface area contributed by atoms with Crippen LogP contribution in [0.5, 0.6) is 11.5 Å². The van der Waals surface area contributed by atoms with E-state index < -0.39 is 0 Å². The molecule has 7 heteroatoms. The Kier molecular flexibility index (Phi) is 10.8. The Labute approximate surface area is 193 Å². The van der Waals surface area contributed by atoms with Crippen LogP contribution < -0.4 is 20.1 Å². The van der Waals surface area contributed by atoms with Crippen LogP contribution in [0.3, 0.4) is 0 Å². The molecular weight excluding hydrogens is 460 g/mol. The minimum Gasteiger partial charge on any atom is -0.490 e. The van der Waals surface area contributed by atoms with E-state index in [1.165, 1.54) is 0 Å². The molecule has 0 aliphatic rings. The van der Waals surface area contributed by atoms with Crippen LogP contribution in [0, 0.1) is 6.92 Å². The molecular formula is C24H33BrN2O4. The summed E-state index contributed by atoms with van der Waals surface area (Å²) in [7, 11) is 0. The van der Waals surface area contributed by atoms with E-state index in [1.807, 2.05) is 64.1 Å². The quantitative estimate of drug-likeness (QED) is 0.381. The molecule has 0 fully saturated rings. The van der Waals surface area contributed by atoms with Crippen molar-refractivity contribution in [3.05, 3.63) is 52.0 Å². The number of carbonyl (C=O) groups is 1. The van der Waals surface area contributed by atoms with Crippen molar-refractivity contribution in [1.29, 1.82) is 0 Å². The molecule has 0 bridgehead atoms. The van der Waals surface area contributed by atoms with Crippen molar-refractivity contribution in [2.24, 2.45) is 0 Å². The van der Waals surface area contributed by atoms with Gasteiger partial charge in [0, 0.05) is 18.8 Å². The number of anilines is 1. The third kappa shape index (κ3) is 9.29. The average molecular weight is 493 g/mol. The number of ether oxygens (including phenoxy) is 3. The second kappa shape index (κ2) is 13.3. The van der Waals surface area contributed by atoms with Crippen molar-refractivity contribution < 1.29 is 19.0 Å². The molecule has 0 aromatic heterocycles. The van der Waals surface area contributed by atoms with Gasteiger partial charge in [-0.15, -0.1) is 0 Å². The topological polar surface area (TPSA) is 68.8 Å². The number of halogens is 1. The highest BCUT2D eigenvalue weighted by molar-refractivity contribution is 9.10. The smallest absolute Gasteiger partial charge is 0.262 e. The Morgan fingerprint density at radius 1 is 1.13 bits per heavy atom. The first-order chi connectivity index (χ1) is 14.9. The van der Waals surface area contributed by atoms with E-state index in [0.29, 0.717) is 24.7 Å². The average Bonchev–Trinajstić information content (AvgIpc) is 2.71. The summed E-state index contributed by atoms with van der Waals surface area (Å²) in [4.78, 5) is 12.3. The van der Waals surface area contributed by atoms with Gasteiger partial charge in [-0.2, -0.15) is 0 Å². The first kappa shape index (κ1) is 25.2. The number of hydrogen-bond acceptors (Lipinski definition) is 5. The number of amides is 1. The maximum atomic E-state index is 12.3. The predicted octanol–water partition coefficient (Wildman–Crippen LogP) is 5.08. The van der Waals surface area contributed by atoms with Gasteiger partial charge in [0.1, 0.15) is 0 Å². The first-order valence-electron chi connectivity index (χ1n) is 10.7. The molecule has 2 aromatic carbocycles. The normalized spacial score (nSPS) is 10.9. The molecule has 31 heavy (non-hydrogen) atoms. The minimum atomic E-state index is -0.229.